The predicted octanol–water partition coefficient (Wildman–Crippen LogP) is 3.77. The number of carbonyl (C=O) groups is 1. The van der Waals surface area contributed by atoms with Gasteiger partial charge in [-0.3, -0.25) is 4.79 Å². The average molecular weight is 347 g/mol. The Kier molecular flexibility index (Phi) is 6.64. The molecule has 1 saturated heterocycles. The Morgan fingerprint density at radius 3 is 2.58 bits per heavy atom. The Bertz CT molecular complexity index is 663. The largest absolute Gasteiger partial charge is 0.457 e. The molecule has 1 fully saturated rings. The lowest BCUT2D eigenvalue weighted by Gasteiger charge is -2.28. The summed E-state index contributed by atoms with van der Waals surface area (Å²) in [5.41, 5.74) is 0.572. The van der Waals surface area contributed by atoms with Crippen molar-refractivity contribution in [3.8, 4) is 11.5 Å². The van der Waals surface area contributed by atoms with Crippen LogP contribution >= 0.6 is 12.4 Å². The topological polar surface area (TPSA) is 50.4 Å². The molecule has 0 bridgehead atoms. The van der Waals surface area contributed by atoms with Gasteiger partial charge < -0.3 is 15.4 Å². The SMILES string of the molecule is CC1CC(NC(=O)c2ccccc2Oc2ccccc2)CCN1.Cl. The van der Waals surface area contributed by atoms with Crippen LogP contribution in [-0.4, -0.2) is 24.5 Å². The summed E-state index contributed by atoms with van der Waals surface area (Å²) < 4.78 is 5.87. The van der Waals surface area contributed by atoms with E-state index < -0.39 is 0 Å². The van der Waals surface area contributed by atoms with E-state index in [2.05, 4.69) is 17.6 Å². The minimum absolute atomic E-state index is 0. The Morgan fingerprint density at radius 1 is 1.12 bits per heavy atom. The molecule has 1 aliphatic heterocycles. The van der Waals surface area contributed by atoms with Gasteiger partial charge in [-0.15, -0.1) is 12.4 Å². The van der Waals surface area contributed by atoms with Gasteiger partial charge in [0.2, 0.25) is 0 Å². The summed E-state index contributed by atoms with van der Waals surface area (Å²) in [6.07, 6.45) is 1.91. The summed E-state index contributed by atoms with van der Waals surface area (Å²) in [4.78, 5) is 12.6. The van der Waals surface area contributed by atoms with Crippen LogP contribution in [0, 0.1) is 0 Å². The van der Waals surface area contributed by atoms with Crippen molar-refractivity contribution < 1.29 is 9.53 Å². The number of rotatable bonds is 4. The lowest BCUT2D eigenvalue weighted by atomic mass is 10.00. The number of para-hydroxylation sites is 2. The highest BCUT2D eigenvalue weighted by Crippen LogP contribution is 2.25. The van der Waals surface area contributed by atoms with Crippen LogP contribution in [0.3, 0.4) is 0 Å². The zero-order valence-electron chi connectivity index (χ0n) is 13.7. The van der Waals surface area contributed by atoms with E-state index in [9.17, 15) is 4.79 Å². The van der Waals surface area contributed by atoms with Crippen LogP contribution in [-0.2, 0) is 0 Å². The number of amides is 1. The second-order valence-corrected chi connectivity index (χ2v) is 5.96. The summed E-state index contributed by atoms with van der Waals surface area (Å²) in [5.74, 6) is 1.23. The van der Waals surface area contributed by atoms with Gasteiger partial charge >= 0.3 is 0 Å². The first-order valence-electron chi connectivity index (χ1n) is 8.08. The molecule has 2 N–H and O–H groups in total. The third kappa shape index (κ3) is 4.73. The second-order valence-electron chi connectivity index (χ2n) is 5.96. The summed E-state index contributed by atoms with van der Waals surface area (Å²) in [7, 11) is 0. The molecule has 2 aromatic carbocycles. The molecule has 2 atom stereocenters. The second kappa shape index (κ2) is 8.71. The van der Waals surface area contributed by atoms with E-state index in [0.29, 0.717) is 17.4 Å². The quantitative estimate of drug-likeness (QED) is 0.886. The van der Waals surface area contributed by atoms with Crippen molar-refractivity contribution in [2.75, 3.05) is 6.54 Å². The fourth-order valence-corrected chi connectivity index (χ4v) is 2.88. The Balaban J connectivity index is 0.00000208. The number of benzene rings is 2. The van der Waals surface area contributed by atoms with Crippen molar-refractivity contribution >= 4 is 18.3 Å². The molecule has 1 aliphatic rings. The molecule has 0 spiro atoms. The molecule has 0 aliphatic carbocycles. The van der Waals surface area contributed by atoms with Gasteiger partial charge in [-0.2, -0.15) is 0 Å². The van der Waals surface area contributed by atoms with Gasteiger partial charge in [0.25, 0.3) is 5.91 Å². The minimum Gasteiger partial charge on any atom is -0.457 e. The number of halogens is 1. The number of ether oxygens (including phenoxy) is 1. The highest BCUT2D eigenvalue weighted by Gasteiger charge is 2.22. The first-order valence-corrected chi connectivity index (χ1v) is 8.08. The normalized spacial score (nSPS) is 19.9. The third-order valence-corrected chi connectivity index (χ3v) is 4.06. The van der Waals surface area contributed by atoms with Crippen LogP contribution in [0.5, 0.6) is 11.5 Å². The first kappa shape index (κ1) is 18.3. The van der Waals surface area contributed by atoms with Gasteiger partial charge in [0.05, 0.1) is 5.56 Å². The molecule has 0 radical (unpaired) electrons. The lowest BCUT2D eigenvalue weighted by molar-refractivity contribution is 0.0923. The van der Waals surface area contributed by atoms with Crippen molar-refractivity contribution in [3.05, 3.63) is 60.2 Å². The van der Waals surface area contributed by atoms with Gasteiger partial charge in [0, 0.05) is 12.1 Å². The molecule has 2 unspecified atom stereocenters. The minimum atomic E-state index is -0.0735. The lowest BCUT2D eigenvalue weighted by Crippen LogP contribution is -2.46. The number of nitrogens with one attached hydrogen (secondary N) is 2. The highest BCUT2D eigenvalue weighted by molar-refractivity contribution is 5.97. The maximum absolute atomic E-state index is 12.6. The number of carbonyl (C=O) groups excluding carboxylic acids is 1. The summed E-state index contributed by atoms with van der Waals surface area (Å²) in [6, 6.07) is 17.5. The predicted molar refractivity (Wildman–Crippen MR) is 98.2 cm³/mol. The van der Waals surface area contributed by atoms with Crippen molar-refractivity contribution in [2.24, 2.45) is 0 Å². The molecular formula is C19H23ClN2O2. The molecular weight excluding hydrogens is 324 g/mol. The maximum Gasteiger partial charge on any atom is 0.255 e. The molecule has 5 heteroatoms. The van der Waals surface area contributed by atoms with Crippen LogP contribution in [0.25, 0.3) is 0 Å². The fraction of sp³-hybridized carbons (Fsp3) is 0.316. The number of piperidine rings is 1. The van der Waals surface area contributed by atoms with E-state index in [4.69, 9.17) is 4.74 Å². The molecule has 0 aromatic heterocycles. The van der Waals surface area contributed by atoms with Gasteiger partial charge in [0.15, 0.2) is 0 Å². The van der Waals surface area contributed by atoms with Crippen molar-refractivity contribution in [1.82, 2.24) is 10.6 Å². The Labute approximate surface area is 149 Å². The van der Waals surface area contributed by atoms with E-state index in [1.807, 2.05) is 48.5 Å². The fourth-order valence-electron chi connectivity index (χ4n) is 2.88. The summed E-state index contributed by atoms with van der Waals surface area (Å²) in [5, 5.41) is 6.53. The average Bonchev–Trinajstić information content (AvgIpc) is 2.56. The summed E-state index contributed by atoms with van der Waals surface area (Å²) in [6.45, 7) is 3.08. The van der Waals surface area contributed by atoms with Crippen LogP contribution < -0.4 is 15.4 Å². The van der Waals surface area contributed by atoms with E-state index in [1.165, 1.54) is 0 Å². The van der Waals surface area contributed by atoms with Crippen molar-refractivity contribution in [3.63, 3.8) is 0 Å². The molecule has 0 saturated carbocycles. The monoisotopic (exact) mass is 346 g/mol. The smallest absolute Gasteiger partial charge is 0.255 e. The zero-order chi connectivity index (χ0) is 16.1. The summed E-state index contributed by atoms with van der Waals surface area (Å²) >= 11 is 0. The van der Waals surface area contributed by atoms with Gasteiger partial charge in [-0.25, -0.2) is 0 Å². The van der Waals surface area contributed by atoms with Crippen LogP contribution in [0.15, 0.2) is 54.6 Å². The van der Waals surface area contributed by atoms with E-state index >= 15 is 0 Å². The number of hydrogen-bond donors (Lipinski definition) is 2. The van der Waals surface area contributed by atoms with E-state index in [-0.39, 0.29) is 24.4 Å². The first-order chi connectivity index (χ1) is 11.2. The van der Waals surface area contributed by atoms with Gasteiger partial charge in [-0.05, 0) is 50.6 Å². The molecule has 1 amide bonds. The highest BCUT2D eigenvalue weighted by atomic mass is 35.5. The maximum atomic E-state index is 12.6. The van der Waals surface area contributed by atoms with Gasteiger partial charge in [-0.1, -0.05) is 30.3 Å². The molecule has 2 aromatic rings. The molecule has 128 valence electrons. The zero-order valence-corrected chi connectivity index (χ0v) is 14.5. The molecule has 4 nitrogen and oxygen atoms in total. The van der Waals surface area contributed by atoms with Crippen LogP contribution in [0.2, 0.25) is 0 Å². The van der Waals surface area contributed by atoms with Crippen LogP contribution in [0.4, 0.5) is 0 Å². The third-order valence-electron chi connectivity index (χ3n) is 4.06. The standard InChI is InChI=1S/C19H22N2O2.ClH/c1-14-13-15(11-12-20-14)21-19(22)17-9-5-6-10-18(17)23-16-7-3-2-4-8-16;/h2-10,14-15,20H,11-13H2,1H3,(H,21,22);1H. The van der Waals surface area contributed by atoms with Crippen molar-refractivity contribution in [2.45, 2.75) is 31.8 Å². The molecule has 1 heterocycles. The number of hydrogen-bond acceptors (Lipinski definition) is 3. The van der Waals surface area contributed by atoms with E-state index in [1.54, 1.807) is 6.07 Å². The Morgan fingerprint density at radius 2 is 1.83 bits per heavy atom. The van der Waals surface area contributed by atoms with Crippen molar-refractivity contribution in [1.29, 1.82) is 0 Å². The van der Waals surface area contributed by atoms with Gasteiger partial charge in [0.1, 0.15) is 11.5 Å². The molecule has 3 rings (SSSR count). The Hall–Kier alpha value is -2.04. The van der Waals surface area contributed by atoms with E-state index in [0.717, 1.165) is 25.1 Å². The molecule has 24 heavy (non-hydrogen) atoms. The van der Waals surface area contributed by atoms with Crippen LogP contribution in [0.1, 0.15) is 30.1 Å².